The summed E-state index contributed by atoms with van der Waals surface area (Å²) in [5.74, 6) is 2.35. The SMILES string of the molecule is COc1ccccc1OCCOc1cc(C)cc(C)c1. The van der Waals surface area contributed by atoms with Crippen LogP contribution in [0, 0.1) is 13.8 Å². The van der Waals surface area contributed by atoms with Gasteiger partial charge >= 0.3 is 0 Å². The third-order valence-electron chi connectivity index (χ3n) is 2.87. The van der Waals surface area contributed by atoms with Crippen molar-refractivity contribution in [3.63, 3.8) is 0 Å². The first kappa shape index (κ1) is 14.3. The van der Waals surface area contributed by atoms with E-state index < -0.39 is 0 Å². The number of hydrogen-bond acceptors (Lipinski definition) is 3. The van der Waals surface area contributed by atoms with Crippen LogP contribution in [0.1, 0.15) is 11.1 Å². The van der Waals surface area contributed by atoms with E-state index in [0.29, 0.717) is 13.2 Å². The Bertz CT molecular complexity index is 544. The monoisotopic (exact) mass is 272 g/mol. The molecule has 0 aliphatic heterocycles. The molecule has 0 N–H and O–H groups in total. The molecule has 106 valence electrons. The molecule has 0 radical (unpaired) electrons. The molecular formula is C17H20O3. The van der Waals surface area contributed by atoms with E-state index >= 15 is 0 Å². The summed E-state index contributed by atoms with van der Waals surface area (Å²) in [6.07, 6.45) is 0. The predicted octanol–water partition coefficient (Wildman–Crippen LogP) is 3.77. The quantitative estimate of drug-likeness (QED) is 0.749. The highest BCUT2D eigenvalue weighted by Crippen LogP contribution is 2.25. The smallest absolute Gasteiger partial charge is 0.161 e. The van der Waals surface area contributed by atoms with Gasteiger partial charge in [-0.1, -0.05) is 18.2 Å². The van der Waals surface area contributed by atoms with Gasteiger partial charge in [-0.25, -0.2) is 0 Å². The summed E-state index contributed by atoms with van der Waals surface area (Å²) in [6.45, 7) is 5.10. The van der Waals surface area contributed by atoms with Gasteiger partial charge in [-0.15, -0.1) is 0 Å². The van der Waals surface area contributed by atoms with Gasteiger partial charge in [-0.2, -0.15) is 0 Å². The second-order valence-electron chi connectivity index (χ2n) is 4.67. The second-order valence-corrected chi connectivity index (χ2v) is 4.67. The molecule has 0 aliphatic carbocycles. The lowest BCUT2D eigenvalue weighted by Gasteiger charge is -2.11. The molecule has 3 heteroatoms. The summed E-state index contributed by atoms with van der Waals surface area (Å²) >= 11 is 0. The number of hydrogen-bond donors (Lipinski definition) is 0. The van der Waals surface area contributed by atoms with Crippen molar-refractivity contribution < 1.29 is 14.2 Å². The minimum Gasteiger partial charge on any atom is -0.493 e. The highest BCUT2D eigenvalue weighted by Gasteiger charge is 2.02. The topological polar surface area (TPSA) is 27.7 Å². The first-order valence-corrected chi connectivity index (χ1v) is 6.66. The Balaban J connectivity index is 1.84. The summed E-state index contributed by atoms with van der Waals surface area (Å²) in [6, 6.07) is 13.8. The van der Waals surface area contributed by atoms with Gasteiger partial charge in [0.05, 0.1) is 7.11 Å². The van der Waals surface area contributed by atoms with Crippen molar-refractivity contribution in [1.29, 1.82) is 0 Å². The molecule has 0 spiro atoms. The van der Waals surface area contributed by atoms with E-state index in [1.165, 1.54) is 11.1 Å². The zero-order valence-corrected chi connectivity index (χ0v) is 12.2. The van der Waals surface area contributed by atoms with Gasteiger partial charge in [-0.3, -0.25) is 0 Å². The molecule has 0 fully saturated rings. The van der Waals surface area contributed by atoms with Crippen molar-refractivity contribution >= 4 is 0 Å². The largest absolute Gasteiger partial charge is 0.493 e. The Morgan fingerprint density at radius 3 is 2.05 bits per heavy atom. The minimum atomic E-state index is 0.480. The molecule has 0 aliphatic rings. The van der Waals surface area contributed by atoms with E-state index in [0.717, 1.165) is 17.2 Å². The van der Waals surface area contributed by atoms with Crippen LogP contribution in [0.15, 0.2) is 42.5 Å². The Hall–Kier alpha value is -2.16. The molecule has 2 rings (SSSR count). The minimum absolute atomic E-state index is 0.480. The number of rotatable bonds is 6. The Morgan fingerprint density at radius 2 is 1.40 bits per heavy atom. The van der Waals surface area contributed by atoms with Crippen molar-refractivity contribution in [1.82, 2.24) is 0 Å². The molecular weight excluding hydrogens is 252 g/mol. The highest BCUT2D eigenvalue weighted by molar-refractivity contribution is 5.39. The second kappa shape index (κ2) is 6.85. The van der Waals surface area contributed by atoms with E-state index in [1.54, 1.807) is 7.11 Å². The standard InChI is InChI=1S/C17H20O3/c1-13-10-14(2)12-15(11-13)19-8-9-20-17-7-5-4-6-16(17)18-3/h4-7,10-12H,8-9H2,1-3H3. The maximum absolute atomic E-state index is 5.70. The molecule has 0 heterocycles. The van der Waals surface area contributed by atoms with E-state index in [1.807, 2.05) is 36.4 Å². The van der Waals surface area contributed by atoms with Crippen molar-refractivity contribution in [2.24, 2.45) is 0 Å². The lowest BCUT2D eigenvalue weighted by molar-refractivity contribution is 0.211. The van der Waals surface area contributed by atoms with E-state index in [4.69, 9.17) is 14.2 Å². The molecule has 0 amide bonds. The Labute approximate surface area is 120 Å². The molecule has 0 saturated heterocycles. The summed E-state index contributed by atoms with van der Waals surface area (Å²) in [4.78, 5) is 0. The van der Waals surface area contributed by atoms with Gasteiger partial charge in [-0.05, 0) is 49.2 Å². The fourth-order valence-electron chi connectivity index (χ4n) is 2.07. The Morgan fingerprint density at radius 1 is 0.800 bits per heavy atom. The average molecular weight is 272 g/mol. The van der Waals surface area contributed by atoms with Crippen molar-refractivity contribution in [3.05, 3.63) is 53.6 Å². The number of para-hydroxylation sites is 2. The van der Waals surface area contributed by atoms with Crippen LogP contribution in [0.2, 0.25) is 0 Å². The fraction of sp³-hybridized carbons (Fsp3) is 0.294. The van der Waals surface area contributed by atoms with Gasteiger partial charge in [0, 0.05) is 0 Å². The van der Waals surface area contributed by atoms with Crippen LogP contribution in [0.5, 0.6) is 17.2 Å². The van der Waals surface area contributed by atoms with E-state index in [-0.39, 0.29) is 0 Å². The average Bonchev–Trinajstić information content (AvgIpc) is 2.43. The molecule has 2 aromatic rings. The van der Waals surface area contributed by atoms with E-state index in [9.17, 15) is 0 Å². The molecule has 0 atom stereocenters. The van der Waals surface area contributed by atoms with Crippen LogP contribution in [0.3, 0.4) is 0 Å². The zero-order valence-electron chi connectivity index (χ0n) is 12.2. The van der Waals surface area contributed by atoms with Crippen LogP contribution in [0.25, 0.3) is 0 Å². The zero-order chi connectivity index (χ0) is 14.4. The lowest BCUT2D eigenvalue weighted by atomic mass is 10.1. The Kier molecular flexibility index (Phi) is 4.88. The lowest BCUT2D eigenvalue weighted by Crippen LogP contribution is -2.09. The first-order valence-electron chi connectivity index (χ1n) is 6.66. The highest BCUT2D eigenvalue weighted by atomic mass is 16.5. The van der Waals surface area contributed by atoms with Gasteiger partial charge in [0.25, 0.3) is 0 Å². The molecule has 20 heavy (non-hydrogen) atoms. The predicted molar refractivity (Wildman–Crippen MR) is 79.9 cm³/mol. The summed E-state index contributed by atoms with van der Waals surface area (Å²) < 4.78 is 16.6. The van der Waals surface area contributed by atoms with Gasteiger partial charge < -0.3 is 14.2 Å². The van der Waals surface area contributed by atoms with Crippen molar-refractivity contribution in [2.75, 3.05) is 20.3 Å². The summed E-state index contributed by atoms with van der Waals surface area (Å²) in [5.41, 5.74) is 2.40. The van der Waals surface area contributed by atoms with Crippen LogP contribution in [-0.4, -0.2) is 20.3 Å². The maximum atomic E-state index is 5.70. The molecule has 0 saturated carbocycles. The van der Waals surface area contributed by atoms with Crippen LogP contribution in [0.4, 0.5) is 0 Å². The summed E-state index contributed by atoms with van der Waals surface area (Å²) in [5, 5.41) is 0. The van der Waals surface area contributed by atoms with Crippen LogP contribution in [-0.2, 0) is 0 Å². The fourth-order valence-corrected chi connectivity index (χ4v) is 2.07. The van der Waals surface area contributed by atoms with Crippen molar-refractivity contribution in [3.8, 4) is 17.2 Å². The summed E-state index contributed by atoms with van der Waals surface area (Å²) in [7, 11) is 1.63. The molecule has 0 bridgehead atoms. The van der Waals surface area contributed by atoms with Gasteiger partial charge in [0.1, 0.15) is 19.0 Å². The van der Waals surface area contributed by atoms with Crippen LogP contribution >= 0.6 is 0 Å². The molecule has 0 aromatic heterocycles. The van der Waals surface area contributed by atoms with Gasteiger partial charge in [0.15, 0.2) is 11.5 Å². The number of aryl methyl sites for hydroxylation is 2. The third-order valence-corrected chi connectivity index (χ3v) is 2.87. The van der Waals surface area contributed by atoms with Gasteiger partial charge in [0.2, 0.25) is 0 Å². The molecule has 3 nitrogen and oxygen atoms in total. The number of methoxy groups -OCH3 is 1. The van der Waals surface area contributed by atoms with Crippen molar-refractivity contribution in [2.45, 2.75) is 13.8 Å². The molecule has 2 aromatic carbocycles. The number of benzene rings is 2. The van der Waals surface area contributed by atoms with E-state index in [2.05, 4.69) is 19.9 Å². The number of ether oxygens (including phenoxy) is 3. The molecule has 0 unspecified atom stereocenters. The first-order chi connectivity index (χ1) is 9.69. The normalized spacial score (nSPS) is 10.2. The van der Waals surface area contributed by atoms with Crippen LogP contribution < -0.4 is 14.2 Å². The third kappa shape index (κ3) is 3.92. The maximum Gasteiger partial charge on any atom is 0.161 e.